The van der Waals surface area contributed by atoms with Crippen LogP contribution in [0.3, 0.4) is 0 Å². The molecule has 7 heteroatoms. The number of aliphatic hydroxyl groups is 1. The van der Waals surface area contributed by atoms with Gasteiger partial charge < -0.3 is 19.9 Å². The summed E-state index contributed by atoms with van der Waals surface area (Å²) < 4.78 is 5.23. The third-order valence-electron chi connectivity index (χ3n) is 4.32. The van der Waals surface area contributed by atoms with Crippen LogP contribution < -0.4 is 5.32 Å². The SMILES string of the molecule is CC(C)C(C)(O)CNC(=O)c1ccccc1SCc1occc1C(=O)O. The van der Waals surface area contributed by atoms with E-state index in [1.54, 1.807) is 25.1 Å². The highest BCUT2D eigenvalue weighted by atomic mass is 32.2. The van der Waals surface area contributed by atoms with Gasteiger partial charge in [0.2, 0.25) is 0 Å². The molecule has 0 saturated heterocycles. The average molecular weight is 377 g/mol. The van der Waals surface area contributed by atoms with E-state index in [4.69, 9.17) is 9.52 Å². The molecule has 1 aromatic heterocycles. The quantitative estimate of drug-likeness (QED) is 0.610. The minimum atomic E-state index is -1.05. The van der Waals surface area contributed by atoms with E-state index in [2.05, 4.69) is 5.32 Å². The minimum absolute atomic E-state index is 0.000751. The molecule has 26 heavy (non-hydrogen) atoms. The van der Waals surface area contributed by atoms with Gasteiger partial charge in [-0.25, -0.2) is 4.79 Å². The summed E-state index contributed by atoms with van der Waals surface area (Å²) in [6, 6.07) is 8.47. The van der Waals surface area contributed by atoms with Gasteiger partial charge in [0.1, 0.15) is 11.3 Å². The topological polar surface area (TPSA) is 99.8 Å². The van der Waals surface area contributed by atoms with Gasteiger partial charge in [-0.05, 0) is 31.0 Å². The van der Waals surface area contributed by atoms with Gasteiger partial charge in [0.05, 0.1) is 23.2 Å². The molecule has 1 aromatic carbocycles. The maximum atomic E-state index is 12.5. The Labute approximate surface area is 156 Å². The molecule has 1 atom stereocenters. The molecule has 1 heterocycles. The molecule has 1 unspecified atom stereocenters. The number of carboxylic acid groups (broad SMARTS) is 1. The molecule has 3 N–H and O–H groups in total. The molecule has 6 nitrogen and oxygen atoms in total. The first-order chi connectivity index (χ1) is 12.2. The van der Waals surface area contributed by atoms with Crippen LogP contribution >= 0.6 is 11.8 Å². The molecular weight excluding hydrogens is 354 g/mol. The summed E-state index contributed by atoms with van der Waals surface area (Å²) in [5.41, 5.74) is -0.407. The van der Waals surface area contributed by atoms with Crippen molar-refractivity contribution in [1.82, 2.24) is 5.32 Å². The maximum Gasteiger partial charge on any atom is 0.339 e. The number of furan rings is 1. The summed E-state index contributed by atoms with van der Waals surface area (Å²) in [6.45, 7) is 5.60. The fourth-order valence-corrected chi connectivity index (χ4v) is 3.13. The molecule has 0 radical (unpaired) electrons. The van der Waals surface area contributed by atoms with Crippen LogP contribution in [-0.2, 0) is 5.75 Å². The van der Waals surface area contributed by atoms with Gasteiger partial charge in [-0.1, -0.05) is 26.0 Å². The Morgan fingerprint density at radius 2 is 1.92 bits per heavy atom. The highest BCUT2D eigenvalue weighted by Crippen LogP contribution is 2.28. The first-order valence-electron chi connectivity index (χ1n) is 8.24. The molecule has 0 aliphatic heterocycles. The van der Waals surface area contributed by atoms with Crippen LogP contribution in [0, 0.1) is 5.92 Å². The van der Waals surface area contributed by atoms with Crippen LogP contribution in [0.5, 0.6) is 0 Å². The molecule has 0 aliphatic rings. The van der Waals surface area contributed by atoms with Crippen molar-refractivity contribution >= 4 is 23.6 Å². The molecule has 0 aliphatic carbocycles. The van der Waals surface area contributed by atoms with Crippen molar-refractivity contribution in [2.24, 2.45) is 5.92 Å². The van der Waals surface area contributed by atoms with Crippen LogP contribution in [0.4, 0.5) is 0 Å². The van der Waals surface area contributed by atoms with Crippen molar-refractivity contribution in [3.05, 3.63) is 53.5 Å². The minimum Gasteiger partial charge on any atom is -0.478 e. The molecule has 2 rings (SSSR count). The number of hydrogen-bond acceptors (Lipinski definition) is 5. The van der Waals surface area contributed by atoms with Crippen molar-refractivity contribution in [2.45, 2.75) is 37.0 Å². The Morgan fingerprint density at radius 1 is 1.23 bits per heavy atom. The monoisotopic (exact) mass is 377 g/mol. The highest BCUT2D eigenvalue weighted by Gasteiger charge is 2.26. The van der Waals surface area contributed by atoms with Crippen molar-refractivity contribution in [3.8, 4) is 0 Å². The molecule has 140 valence electrons. The Morgan fingerprint density at radius 3 is 2.58 bits per heavy atom. The number of carboxylic acids is 1. The third-order valence-corrected chi connectivity index (χ3v) is 5.39. The van der Waals surface area contributed by atoms with Crippen LogP contribution in [-0.4, -0.2) is 34.2 Å². The van der Waals surface area contributed by atoms with Crippen LogP contribution in [0.2, 0.25) is 0 Å². The summed E-state index contributed by atoms with van der Waals surface area (Å²) in [5, 5.41) is 22.2. The van der Waals surface area contributed by atoms with Gasteiger partial charge in [0.25, 0.3) is 5.91 Å². The summed E-state index contributed by atoms with van der Waals surface area (Å²) in [4.78, 5) is 24.4. The van der Waals surface area contributed by atoms with E-state index in [9.17, 15) is 14.7 Å². The number of rotatable bonds is 8. The smallest absolute Gasteiger partial charge is 0.339 e. The predicted octanol–water partition coefficient (Wildman–Crippen LogP) is 3.41. The standard InChI is InChI=1S/C19H23NO5S/c1-12(2)19(3,24)11-20-17(21)14-6-4-5-7-16(14)26-10-15-13(18(22)23)8-9-25-15/h4-9,12,24H,10-11H2,1-3H3,(H,20,21)(H,22,23). The van der Waals surface area contributed by atoms with Gasteiger partial charge >= 0.3 is 5.97 Å². The number of thioether (sulfide) groups is 1. The van der Waals surface area contributed by atoms with E-state index in [1.165, 1.54) is 24.1 Å². The van der Waals surface area contributed by atoms with Gasteiger partial charge in [-0.2, -0.15) is 0 Å². The number of amides is 1. The second-order valence-corrected chi connectivity index (χ2v) is 7.56. The van der Waals surface area contributed by atoms with Crippen LogP contribution in [0.25, 0.3) is 0 Å². The highest BCUT2D eigenvalue weighted by molar-refractivity contribution is 7.98. The van der Waals surface area contributed by atoms with Crippen molar-refractivity contribution < 1.29 is 24.2 Å². The molecule has 0 fully saturated rings. The Hall–Kier alpha value is -2.25. The molecular formula is C19H23NO5S. The lowest BCUT2D eigenvalue weighted by Crippen LogP contribution is -2.44. The average Bonchev–Trinajstić information content (AvgIpc) is 3.07. The zero-order valence-corrected chi connectivity index (χ0v) is 15.8. The normalized spacial score (nSPS) is 13.4. The number of hydrogen-bond donors (Lipinski definition) is 3. The Kier molecular flexibility index (Phi) is 6.50. The number of nitrogens with one attached hydrogen (secondary N) is 1. The lowest BCUT2D eigenvalue weighted by atomic mass is 9.92. The lowest BCUT2D eigenvalue weighted by molar-refractivity contribution is 0.0142. The van der Waals surface area contributed by atoms with Crippen molar-refractivity contribution in [1.29, 1.82) is 0 Å². The fourth-order valence-electron chi connectivity index (χ4n) is 2.12. The van der Waals surface area contributed by atoms with Crippen LogP contribution in [0.15, 0.2) is 45.9 Å². The van der Waals surface area contributed by atoms with E-state index in [-0.39, 0.29) is 23.9 Å². The van der Waals surface area contributed by atoms with Gasteiger partial charge in [0, 0.05) is 11.4 Å². The zero-order valence-electron chi connectivity index (χ0n) is 15.0. The first-order valence-corrected chi connectivity index (χ1v) is 9.23. The number of benzene rings is 1. The first kappa shape index (κ1) is 20.1. The van der Waals surface area contributed by atoms with E-state index < -0.39 is 11.6 Å². The molecule has 0 spiro atoms. The largest absolute Gasteiger partial charge is 0.478 e. The fraction of sp³-hybridized carbons (Fsp3) is 0.368. The summed E-state index contributed by atoms with van der Waals surface area (Å²) in [7, 11) is 0. The zero-order chi connectivity index (χ0) is 19.3. The van der Waals surface area contributed by atoms with Gasteiger partial charge in [-0.15, -0.1) is 11.8 Å². The van der Waals surface area contributed by atoms with Gasteiger partial charge in [0.15, 0.2) is 0 Å². The summed E-state index contributed by atoms with van der Waals surface area (Å²) in [5.74, 6) is -0.688. The van der Waals surface area contributed by atoms with E-state index >= 15 is 0 Å². The molecule has 0 saturated carbocycles. The van der Waals surface area contributed by atoms with Crippen molar-refractivity contribution in [3.63, 3.8) is 0 Å². The lowest BCUT2D eigenvalue weighted by Gasteiger charge is -2.27. The molecule has 0 bridgehead atoms. The van der Waals surface area contributed by atoms with E-state index in [0.29, 0.717) is 22.0 Å². The number of carbonyl (C=O) groups is 2. The van der Waals surface area contributed by atoms with Crippen molar-refractivity contribution in [2.75, 3.05) is 6.54 Å². The third kappa shape index (κ3) is 4.89. The Balaban J connectivity index is 2.08. The summed E-state index contributed by atoms with van der Waals surface area (Å²) in [6.07, 6.45) is 1.34. The number of aromatic carboxylic acids is 1. The second-order valence-electron chi connectivity index (χ2n) is 6.54. The van der Waals surface area contributed by atoms with E-state index in [0.717, 1.165) is 0 Å². The Bertz CT molecular complexity index is 782. The summed E-state index contributed by atoms with van der Waals surface area (Å²) >= 11 is 1.32. The number of carbonyl (C=O) groups excluding carboxylic acids is 1. The second kappa shape index (κ2) is 8.42. The maximum absolute atomic E-state index is 12.5. The molecule has 2 aromatic rings. The molecule has 1 amide bonds. The predicted molar refractivity (Wildman–Crippen MR) is 99.5 cm³/mol. The van der Waals surface area contributed by atoms with Gasteiger partial charge in [-0.3, -0.25) is 4.79 Å². The van der Waals surface area contributed by atoms with Crippen LogP contribution in [0.1, 0.15) is 47.2 Å². The van der Waals surface area contributed by atoms with E-state index in [1.807, 2.05) is 19.9 Å².